The number of nitriles is 1. The zero-order chi connectivity index (χ0) is 13.6. The number of nitrogen functional groups attached to an aromatic ring is 1. The lowest BCUT2D eigenvalue weighted by atomic mass is 9.83. The second-order valence-electron chi connectivity index (χ2n) is 4.60. The summed E-state index contributed by atoms with van der Waals surface area (Å²) in [4.78, 5) is 0. The van der Waals surface area contributed by atoms with Gasteiger partial charge in [0.25, 0.3) is 0 Å². The van der Waals surface area contributed by atoms with Crippen LogP contribution in [-0.2, 0) is 0 Å². The van der Waals surface area contributed by atoms with Gasteiger partial charge < -0.3 is 16.2 Å². The molecule has 4 heteroatoms. The van der Waals surface area contributed by atoms with Gasteiger partial charge in [-0.05, 0) is 25.0 Å². The van der Waals surface area contributed by atoms with E-state index in [-0.39, 0.29) is 12.0 Å². The summed E-state index contributed by atoms with van der Waals surface area (Å²) in [6.45, 7) is 4.92. The molecule has 0 amide bonds. The summed E-state index contributed by atoms with van der Waals surface area (Å²) in [5.74, 6) is 0. The summed E-state index contributed by atoms with van der Waals surface area (Å²) in [6.07, 6.45) is 1.79. The number of aliphatic hydroxyl groups is 1. The molecular formula is C14H21N3O. The Kier molecular flexibility index (Phi) is 4.99. The summed E-state index contributed by atoms with van der Waals surface area (Å²) in [7, 11) is 0. The lowest BCUT2D eigenvalue weighted by molar-refractivity contribution is 0.127. The lowest BCUT2D eigenvalue weighted by Crippen LogP contribution is -2.32. The van der Waals surface area contributed by atoms with Crippen molar-refractivity contribution in [1.29, 1.82) is 5.26 Å². The first-order chi connectivity index (χ1) is 8.62. The molecule has 0 bridgehead atoms. The minimum absolute atomic E-state index is 0.130. The highest BCUT2D eigenvalue weighted by atomic mass is 16.3. The predicted octanol–water partition coefficient (Wildman–Crippen LogP) is 2.35. The molecule has 1 aromatic carbocycles. The van der Waals surface area contributed by atoms with Crippen molar-refractivity contribution in [3.05, 3.63) is 23.8 Å². The van der Waals surface area contributed by atoms with Crippen LogP contribution in [0, 0.1) is 16.7 Å². The average molecular weight is 247 g/mol. The van der Waals surface area contributed by atoms with Crippen LogP contribution in [-0.4, -0.2) is 18.3 Å². The maximum Gasteiger partial charge on any atom is 0.101 e. The van der Waals surface area contributed by atoms with Crippen molar-refractivity contribution < 1.29 is 5.11 Å². The number of nitrogens with zero attached hydrogens (tertiary/aromatic N) is 1. The highest BCUT2D eigenvalue weighted by molar-refractivity contribution is 5.72. The molecule has 1 rings (SSSR count). The van der Waals surface area contributed by atoms with Gasteiger partial charge in [-0.1, -0.05) is 19.9 Å². The minimum atomic E-state index is -0.130. The van der Waals surface area contributed by atoms with Gasteiger partial charge in [0.2, 0.25) is 0 Å². The molecule has 98 valence electrons. The first-order valence-corrected chi connectivity index (χ1v) is 6.25. The third-order valence-corrected chi connectivity index (χ3v) is 3.72. The third kappa shape index (κ3) is 2.93. The third-order valence-electron chi connectivity index (χ3n) is 3.72. The van der Waals surface area contributed by atoms with Gasteiger partial charge >= 0.3 is 0 Å². The fourth-order valence-electron chi connectivity index (χ4n) is 1.88. The molecule has 18 heavy (non-hydrogen) atoms. The Morgan fingerprint density at radius 2 is 2.06 bits per heavy atom. The Balaban J connectivity index is 2.84. The Bertz CT molecular complexity index is 425. The molecule has 0 fully saturated rings. The second-order valence-corrected chi connectivity index (χ2v) is 4.60. The van der Waals surface area contributed by atoms with E-state index in [9.17, 15) is 5.11 Å². The van der Waals surface area contributed by atoms with Crippen molar-refractivity contribution in [2.24, 2.45) is 5.41 Å². The van der Waals surface area contributed by atoms with Crippen molar-refractivity contribution in [2.75, 3.05) is 24.2 Å². The van der Waals surface area contributed by atoms with Gasteiger partial charge in [0.1, 0.15) is 6.07 Å². The van der Waals surface area contributed by atoms with Gasteiger partial charge in [-0.15, -0.1) is 0 Å². The molecule has 0 aliphatic rings. The Labute approximate surface area is 108 Å². The number of aliphatic hydroxyl groups excluding tert-OH is 1. The topological polar surface area (TPSA) is 82.1 Å². The number of benzene rings is 1. The largest absolute Gasteiger partial charge is 0.396 e. The van der Waals surface area contributed by atoms with Gasteiger partial charge in [0.05, 0.1) is 23.5 Å². The van der Waals surface area contributed by atoms with E-state index in [4.69, 9.17) is 11.0 Å². The monoisotopic (exact) mass is 247 g/mol. The molecule has 4 N–H and O–H groups in total. The van der Waals surface area contributed by atoms with Gasteiger partial charge in [-0.2, -0.15) is 5.26 Å². The van der Waals surface area contributed by atoms with Crippen LogP contribution in [0.4, 0.5) is 11.4 Å². The number of hydrogen-bond acceptors (Lipinski definition) is 4. The van der Waals surface area contributed by atoms with Crippen LogP contribution in [0.2, 0.25) is 0 Å². The molecule has 0 radical (unpaired) electrons. The fraction of sp³-hybridized carbons (Fsp3) is 0.500. The van der Waals surface area contributed by atoms with Crippen LogP contribution < -0.4 is 11.1 Å². The van der Waals surface area contributed by atoms with Crippen molar-refractivity contribution in [3.8, 4) is 6.07 Å². The van der Waals surface area contributed by atoms with Crippen molar-refractivity contribution >= 4 is 11.4 Å². The van der Waals surface area contributed by atoms with E-state index in [1.807, 2.05) is 6.07 Å². The molecule has 0 unspecified atom stereocenters. The highest BCUT2D eigenvalue weighted by Gasteiger charge is 2.25. The summed E-state index contributed by atoms with van der Waals surface area (Å²) >= 11 is 0. The molecule has 4 nitrogen and oxygen atoms in total. The molecule has 1 aromatic rings. The van der Waals surface area contributed by atoms with Crippen LogP contribution >= 0.6 is 0 Å². The number of hydrogen-bond donors (Lipinski definition) is 3. The zero-order valence-electron chi connectivity index (χ0n) is 11.0. The van der Waals surface area contributed by atoms with Crippen LogP contribution in [0.5, 0.6) is 0 Å². The predicted molar refractivity (Wildman–Crippen MR) is 74.2 cm³/mol. The quantitative estimate of drug-likeness (QED) is 0.674. The van der Waals surface area contributed by atoms with Gasteiger partial charge in [0, 0.05) is 12.0 Å². The molecule has 0 aliphatic heterocycles. The van der Waals surface area contributed by atoms with E-state index in [2.05, 4.69) is 25.2 Å². The summed E-state index contributed by atoms with van der Waals surface area (Å²) in [5, 5.41) is 21.7. The molecule has 0 saturated heterocycles. The summed E-state index contributed by atoms with van der Waals surface area (Å²) < 4.78 is 0. The van der Waals surface area contributed by atoms with Crippen molar-refractivity contribution in [2.45, 2.75) is 26.7 Å². The molecule has 0 atom stereocenters. The van der Waals surface area contributed by atoms with E-state index in [0.29, 0.717) is 17.8 Å². The van der Waals surface area contributed by atoms with E-state index in [0.717, 1.165) is 18.5 Å². The van der Waals surface area contributed by atoms with E-state index in [1.165, 1.54) is 0 Å². The average Bonchev–Trinajstić information content (AvgIpc) is 2.42. The molecule has 0 aliphatic carbocycles. The molecule has 0 saturated carbocycles. The van der Waals surface area contributed by atoms with E-state index >= 15 is 0 Å². The molecule has 0 spiro atoms. The highest BCUT2D eigenvalue weighted by Crippen LogP contribution is 2.28. The van der Waals surface area contributed by atoms with Gasteiger partial charge in [-0.25, -0.2) is 0 Å². The molecule has 0 heterocycles. The number of para-hydroxylation sites is 1. The number of nitrogens with two attached hydrogens (primary N) is 1. The van der Waals surface area contributed by atoms with Gasteiger partial charge in [0.15, 0.2) is 0 Å². The Hall–Kier alpha value is -1.73. The van der Waals surface area contributed by atoms with Gasteiger partial charge in [-0.3, -0.25) is 0 Å². The fourth-order valence-corrected chi connectivity index (χ4v) is 1.88. The zero-order valence-corrected chi connectivity index (χ0v) is 11.0. The summed E-state index contributed by atoms with van der Waals surface area (Å²) in [6, 6.07) is 7.41. The standard InChI is InChI=1S/C14H21N3O/c1-3-14(4-2,10-18)9-17-12-7-5-6-11(8-15)13(12)16/h5-7,17-18H,3-4,9-10,16H2,1-2H3. The van der Waals surface area contributed by atoms with E-state index in [1.54, 1.807) is 12.1 Å². The minimum Gasteiger partial charge on any atom is -0.396 e. The Morgan fingerprint density at radius 3 is 2.56 bits per heavy atom. The number of anilines is 2. The van der Waals surface area contributed by atoms with Crippen LogP contribution in [0.3, 0.4) is 0 Å². The molecule has 0 aromatic heterocycles. The molecular weight excluding hydrogens is 226 g/mol. The number of rotatable bonds is 6. The maximum atomic E-state index is 9.50. The summed E-state index contributed by atoms with van der Waals surface area (Å²) in [5.41, 5.74) is 7.47. The Morgan fingerprint density at radius 1 is 1.39 bits per heavy atom. The first-order valence-electron chi connectivity index (χ1n) is 6.25. The maximum absolute atomic E-state index is 9.50. The SMILES string of the molecule is CCC(CC)(CO)CNc1cccc(C#N)c1N. The van der Waals surface area contributed by atoms with Crippen molar-refractivity contribution in [1.82, 2.24) is 0 Å². The second kappa shape index (κ2) is 6.27. The normalized spacial score (nSPS) is 11.0. The smallest absolute Gasteiger partial charge is 0.101 e. The first kappa shape index (κ1) is 14.3. The lowest BCUT2D eigenvalue weighted by Gasteiger charge is -2.30. The van der Waals surface area contributed by atoms with Crippen molar-refractivity contribution in [3.63, 3.8) is 0 Å². The number of nitrogens with one attached hydrogen (secondary N) is 1. The van der Waals surface area contributed by atoms with Crippen LogP contribution in [0.15, 0.2) is 18.2 Å². The van der Waals surface area contributed by atoms with Crippen LogP contribution in [0.1, 0.15) is 32.3 Å². The van der Waals surface area contributed by atoms with E-state index < -0.39 is 0 Å². The van der Waals surface area contributed by atoms with Crippen LogP contribution in [0.25, 0.3) is 0 Å².